The molecule has 0 saturated carbocycles. The Labute approximate surface area is 79.5 Å². The monoisotopic (exact) mass is 186 g/mol. The standard InChI is InChI=1S/C10H18O3/c1-8(2)10(4-6-11)5-7-13-9(3)12/h6,8,10H,4-5,7H2,1-3H3/t10-/m0/s1. The van der Waals surface area contributed by atoms with E-state index in [1.807, 2.05) is 0 Å². The predicted octanol–water partition coefficient (Wildman–Crippen LogP) is 1.80. The van der Waals surface area contributed by atoms with E-state index in [2.05, 4.69) is 13.8 Å². The van der Waals surface area contributed by atoms with Crippen LogP contribution in [0.25, 0.3) is 0 Å². The van der Waals surface area contributed by atoms with Gasteiger partial charge < -0.3 is 9.53 Å². The third-order valence-corrected chi connectivity index (χ3v) is 2.14. The molecule has 0 aliphatic rings. The second kappa shape index (κ2) is 6.63. The topological polar surface area (TPSA) is 43.4 Å². The molecule has 1 atom stereocenters. The molecule has 3 nitrogen and oxygen atoms in total. The van der Waals surface area contributed by atoms with Crippen LogP contribution in [0.2, 0.25) is 0 Å². The van der Waals surface area contributed by atoms with E-state index in [0.717, 1.165) is 12.7 Å². The number of ether oxygens (including phenoxy) is 1. The maximum atomic E-state index is 10.5. The lowest BCUT2D eigenvalue weighted by Gasteiger charge is -2.17. The van der Waals surface area contributed by atoms with Gasteiger partial charge in [-0.15, -0.1) is 0 Å². The Morgan fingerprint density at radius 2 is 2.08 bits per heavy atom. The van der Waals surface area contributed by atoms with Crippen molar-refractivity contribution < 1.29 is 14.3 Å². The average molecular weight is 186 g/mol. The van der Waals surface area contributed by atoms with Crippen LogP contribution in [0.4, 0.5) is 0 Å². The van der Waals surface area contributed by atoms with Crippen LogP contribution >= 0.6 is 0 Å². The van der Waals surface area contributed by atoms with Gasteiger partial charge in [0.2, 0.25) is 0 Å². The predicted molar refractivity (Wildman–Crippen MR) is 50.3 cm³/mol. The van der Waals surface area contributed by atoms with Gasteiger partial charge in [0.1, 0.15) is 6.29 Å². The summed E-state index contributed by atoms with van der Waals surface area (Å²) in [4.78, 5) is 20.8. The molecule has 0 unspecified atom stereocenters. The highest BCUT2D eigenvalue weighted by Crippen LogP contribution is 2.17. The van der Waals surface area contributed by atoms with Gasteiger partial charge >= 0.3 is 5.97 Å². The van der Waals surface area contributed by atoms with Gasteiger partial charge in [0.05, 0.1) is 6.61 Å². The molecule has 0 saturated heterocycles. The van der Waals surface area contributed by atoms with Crippen LogP contribution in [0, 0.1) is 11.8 Å². The first-order valence-electron chi connectivity index (χ1n) is 4.65. The van der Waals surface area contributed by atoms with Crippen molar-refractivity contribution in [1.29, 1.82) is 0 Å². The molecular formula is C10H18O3. The van der Waals surface area contributed by atoms with Gasteiger partial charge in [-0.2, -0.15) is 0 Å². The van der Waals surface area contributed by atoms with Crippen molar-refractivity contribution in [1.82, 2.24) is 0 Å². The lowest BCUT2D eigenvalue weighted by Crippen LogP contribution is -2.13. The van der Waals surface area contributed by atoms with E-state index < -0.39 is 0 Å². The maximum absolute atomic E-state index is 10.5. The molecule has 0 spiro atoms. The summed E-state index contributed by atoms with van der Waals surface area (Å²) in [6.45, 7) is 5.96. The van der Waals surface area contributed by atoms with E-state index in [1.54, 1.807) is 0 Å². The van der Waals surface area contributed by atoms with E-state index in [9.17, 15) is 9.59 Å². The fraction of sp³-hybridized carbons (Fsp3) is 0.800. The van der Waals surface area contributed by atoms with E-state index in [0.29, 0.717) is 24.9 Å². The minimum absolute atomic E-state index is 0.256. The molecule has 0 heterocycles. The zero-order chi connectivity index (χ0) is 10.3. The van der Waals surface area contributed by atoms with Crippen LogP contribution < -0.4 is 0 Å². The maximum Gasteiger partial charge on any atom is 0.302 e. The summed E-state index contributed by atoms with van der Waals surface area (Å²) in [6, 6.07) is 0. The number of hydrogen-bond donors (Lipinski definition) is 0. The van der Waals surface area contributed by atoms with Crippen molar-refractivity contribution in [2.24, 2.45) is 11.8 Å². The van der Waals surface area contributed by atoms with Crippen molar-refractivity contribution in [3.63, 3.8) is 0 Å². The Morgan fingerprint density at radius 1 is 1.46 bits per heavy atom. The number of carbonyl (C=O) groups is 2. The summed E-state index contributed by atoms with van der Waals surface area (Å²) in [7, 11) is 0. The molecule has 0 rings (SSSR count). The highest BCUT2D eigenvalue weighted by Gasteiger charge is 2.12. The lowest BCUT2D eigenvalue weighted by molar-refractivity contribution is -0.141. The number of rotatable bonds is 6. The molecule has 0 aromatic heterocycles. The summed E-state index contributed by atoms with van der Waals surface area (Å²) in [6.07, 6.45) is 2.26. The average Bonchev–Trinajstić information content (AvgIpc) is 2.02. The number of aldehydes is 1. The van der Waals surface area contributed by atoms with Crippen LogP contribution in [0.5, 0.6) is 0 Å². The molecule has 0 aliphatic carbocycles. The highest BCUT2D eigenvalue weighted by atomic mass is 16.5. The summed E-state index contributed by atoms with van der Waals surface area (Å²) < 4.78 is 4.81. The van der Waals surface area contributed by atoms with E-state index in [1.165, 1.54) is 6.92 Å². The molecule has 0 fully saturated rings. The summed E-state index contributed by atoms with van der Waals surface area (Å²) >= 11 is 0. The van der Waals surface area contributed by atoms with Crippen LogP contribution in [0.3, 0.4) is 0 Å². The van der Waals surface area contributed by atoms with Crippen molar-refractivity contribution >= 4 is 12.3 Å². The summed E-state index contributed by atoms with van der Waals surface area (Å²) in [5.41, 5.74) is 0. The van der Waals surface area contributed by atoms with Crippen molar-refractivity contribution in [3.05, 3.63) is 0 Å². The SMILES string of the molecule is CC(=O)OCC[C@H](CC=O)C(C)C. The first-order valence-corrected chi connectivity index (χ1v) is 4.65. The van der Waals surface area contributed by atoms with Crippen LogP contribution in [-0.2, 0) is 14.3 Å². The molecule has 0 N–H and O–H groups in total. The Bertz CT molecular complexity index is 164. The van der Waals surface area contributed by atoms with E-state index in [-0.39, 0.29) is 5.97 Å². The second-order valence-electron chi connectivity index (χ2n) is 3.54. The second-order valence-corrected chi connectivity index (χ2v) is 3.54. The normalized spacial score (nSPS) is 12.6. The van der Waals surface area contributed by atoms with Gasteiger partial charge in [-0.25, -0.2) is 0 Å². The van der Waals surface area contributed by atoms with Gasteiger partial charge in [-0.1, -0.05) is 13.8 Å². The van der Waals surface area contributed by atoms with E-state index in [4.69, 9.17) is 4.74 Å². The highest BCUT2D eigenvalue weighted by molar-refractivity contribution is 5.65. The fourth-order valence-electron chi connectivity index (χ4n) is 1.20. The molecule has 3 heteroatoms. The quantitative estimate of drug-likeness (QED) is 0.469. The third-order valence-electron chi connectivity index (χ3n) is 2.14. The minimum atomic E-state index is -0.256. The Kier molecular flexibility index (Phi) is 6.20. The minimum Gasteiger partial charge on any atom is -0.466 e. The number of carbonyl (C=O) groups excluding carboxylic acids is 2. The largest absolute Gasteiger partial charge is 0.466 e. The van der Waals surface area contributed by atoms with Crippen molar-refractivity contribution in [3.8, 4) is 0 Å². The van der Waals surface area contributed by atoms with Gasteiger partial charge in [0, 0.05) is 13.3 Å². The first kappa shape index (κ1) is 12.1. The number of hydrogen-bond acceptors (Lipinski definition) is 3. The Hall–Kier alpha value is -0.860. The van der Waals surface area contributed by atoms with Gasteiger partial charge in [-0.3, -0.25) is 4.79 Å². The molecule has 0 aliphatic heterocycles. The van der Waals surface area contributed by atoms with Gasteiger partial charge in [-0.05, 0) is 18.3 Å². The first-order chi connectivity index (χ1) is 6.07. The molecule has 13 heavy (non-hydrogen) atoms. The molecule has 76 valence electrons. The smallest absolute Gasteiger partial charge is 0.302 e. The third kappa shape index (κ3) is 6.31. The molecule has 0 radical (unpaired) electrons. The van der Waals surface area contributed by atoms with Gasteiger partial charge in [0.15, 0.2) is 0 Å². The molecule has 0 bridgehead atoms. The molecular weight excluding hydrogens is 168 g/mol. The van der Waals surface area contributed by atoms with Crippen LogP contribution in [0.1, 0.15) is 33.6 Å². The van der Waals surface area contributed by atoms with Crippen LogP contribution in [-0.4, -0.2) is 18.9 Å². The molecule has 0 aromatic carbocycles. The zero-order valence-corrected chi connectivity index (χ0v) is 8.58. The fourth-order valence-corrected chi connectivity index (χ4v) is 1.20. The summed E-state index contributed by atoms with van der Waals surface area (Å²) in [5.74, 6) is 0.534. The molecule has 0 aromatic rings. The lowest BCUT2D eigenvalue weighted by atomic mass is 9.90. The number of esters is 1. The van der Waals surface area contributed by atoms with Gasteiger partial charge in [0.25, 0.3) is 0 Å². The van der Waals surface area contributed by atoms with Crippen LogP contribution in [0.15, 0.2) is 0 Å². The Morgan fingerprint density at radius 3 is 2.46 bits per heavy atom. The zero-order valence-electron chi connectivity index (χ0n) is 8.58. The molecule has 0 amide bonds. The summed E-state index contributed by atoms with van der Waals surface area (Å²) in [5, 5.41) is 0. The van der Waals surface area contributed by atoms with E-state index >= 15 is 0 Å². The van der Waals surface area contributed by atoms with Crippen molar-refractivity contribution in [2.75, 3.05) is 6.61 Å². The Balaban J connectivity index is 3.68. The van der Waals surface area contributed by atoms with Crippen molar-refractivity contribution in [2.45, 2.75) is 33.6 Å².